The van der Waals surface area contributed by atoms with Crippen LogP contribution in [0.1, 0.15) is 18.9 Å². The zero-order valence-electron chi connectivity index (χ0n) is 12.8. The molecular weight excluding hydrogens is 282 g/mol. The van der Waals surface area contributed by atoms with Crippen LogP contribution in [-0.2, 0) is 20.8 Å². The monoisotopic (exact) mass is 303 g/mol. The predicted molar refractivity (Wildman–Crippen MR) is 83.1 cm³/mol. The largest absolute Gasteiger partial charge is 0.326 e. The van der Waals surface area contributed by atoms with Crippen molar-refractivity contribution in [2.45, 2.75) is 19.8 Å². The number of rotatable bonds is 6. The van der Waals surface area contributed by atoms with E-state index in [0.29, 0.717) is 13.0 Å². The first kappa shape index (κ1) is 16.2. The Labute approximate surface area is 129 Å². The van der Waals surface area contributed by atoms with Gasteiger partial charge in [0, 0.05) is 24.6 Å². The quantitative estimate of drug-likeness (QED) is 0.675. The lowest BCUT2D eigenvalue weighted by Gasteiger charge is -2.12. The zero-order valence-corrected chi connectivity index (χ0v) is 12.8. The second kappa shape index (κ2) is 7.17. The molecule has 6 heteroatoms. The minimum Gasteiger partial charge on any atom is -0.326 e. The Morgan fingerprint density at radius 1 is 1.32 bits per heavy atom. The van der Waals surface area contributed by atoms with Crippen LogP contribution >= 0.6 is 0 Å². The molecule has 0 bridgehead atoms. The van der Waals surface area contributed by atoms with Gasteiger partial charge >= 0.3 is 0 Å². The summed E-state index contributed by atoms with van der Waals surface area (Å²) in [6.07, 6.45) is 0.779. The van der Waals surface area contributed by atoms with E-state index in [1.807, 2.05) is 38.2 Å². The smallest absolute Gasteiger partial charge is 0.230 e. The van der Waals surface area contributed by atoms with Crippen LogP contribution in [0.2, 0.25) is 0 Å². The molecule has 118 valence electrons. The number of amides is 3. The van der Waals surface area contributed by atoms with Crippen LogP contribution in [0.15, 0.2) is 24.3 Å². The number of carbonyl (C=O) groups is 3. The summed E-state index contributed by atoms with van der Waals surface area (Å²) >= 11 is 0. The van der Waals surface area contributed by atoms with Gasteiger partial charge in [0.05, 0.1) is 5.92 Å². The van der Waals surface area contributed by atoms with E-state index in [9.17, 15) is 14.4 Å². The van der Waals surface area contributed by atoms with E-state index in [1.54, 1.807) is 0 Å². The van der Waals surface area contributed by atoms with E-state index in [2.05, 4.69) is 16.0 Å². The summed E-state index contributed by atoms with van der Waals surface area (Å²) in [6.45, 7) is 2.48. The third kappa shape index (κ3) is 4.14. The Bertz CT molecular complexity index is 569. The SMILES string of the molecule is CNCC(C)C(=O)Nc1ccc(CC2CC(=O)NC2=O)cc1. The van der Waals surface area contributed by atoms with Gasteiger partial charge in [-0.1, -0.05) is 19.1 Å². The molecule has 0 aliphatic carbocycles. The number of hydrogen-bond acceptors (Lipinski definition) is 4. The zero-order chi connectivity index (χ0) is 16.1. The first-order chi connectivity index (χ1) is 10.5. The molecule has 22 heavy (non-hydrogen) atoms. The highest BCUT2D eigenvalue weighted by Crippen LogP contribution is 2.19. The maximum absolute atomic E-state index is 11.9. The van der Waals surface area contributed by atoms with Gasteiger partial charge in [0.2, 0.25) is 17.7 Å². The van der Waals surface area contributed by atoms with Crippen molar-refractivity contribution in [2.24, 2.45) is 11.8 Å². The molecule has 1 aromatic rings. The molecule has 6 nitrogen and oxygen atoms in total. The van der Waals surface area contributed by atoms with Gasteiger partial charge in [-0.15, -0.1) is 0 Å². The third-order valence-corrected chi connectivity index (χ3v) is 3.73. The summed E-state index contributed by atoms with van der Waals surface area (Å²) < 4.78 is 0. The molecule has 2 unspecified atom stereocenters. The topological polar surface area (TPSA) is 87.3 Å². The molecule has 1 saturated heterocycles. The average molecular weight is 303 g/mol. The molecule has 1 aromatic carbocycles. The number of imide groups is 1. The van der Waals surface area contributed by atoms with E-state index < -0.39 is 0 Å². The van der Waals surface area contributed by atoms with E-state index >= 15 is 0 Å². The van der Waals surface area contributed by atoms with Gasteiger partial charge in [0.1, 0.15) is 0 Å². The molecule has 0 radical (unpaired) electrons. The van der Waals surface area contributed by atoms with Gasteiger partial charge in [0.15, 0.2) is 0 Å². The van der Waals surface area contributed by atoms with Crippen molar-refractivity contribution in [1.82, 2.24) is 10.6 Å². The molecule has 1 aliphatic heterocycles. The summed E-state index contributed by atoms with van der Waals surface area (Å²) in [5.41, 5.74) is 1.69. The van der Waals surface area contributed by atoms with Crippen LogP contribution < -0.4 is 16.0 Å². The van der Waals surface area contributed by atoms with Crippen molar-refractivity contribution in [2.75, 3.05) is 18.9 Å². The Balaban J connectivity index is 1.91. The maximum Gasteiger partial charge on any atom is 0.230 e. The van der Waals surface area contributed by atoms with E-state index in [4.69, 9.17) is 0 Å². The highest BCUT2D eigenvalue weighted by molar-refractivity contribution is 6.03. The summed E-state index contributed by atoms with van der Waals surface area (Å²) in [6, 6.07) is 7.37. The standard InChI is InChI=1S/C16H21N3O3/c1-10(9-17-2)15(21)18-13-5-3-11(4-6-13)7-12-8-14(20)19-16(12)22/h3-6,10,12,17H,7-9H2,1-2H3,(H,18,21)(H,19,20,22). The molecular formula is C16H21N3O3. The fourth-order valence-corrected chi connectivity index (χ4v) is 2.44. The van der Waals surface area contributed by atoms with Gasteiger partial charge in [-0.2, -0.15) is 0 Å². The number of nitrogens with one attached hydrogen (secondary N) is 3. The maximum atomic E-state index is 11.9. The van der Waals surface area contributed by atoms with Gasteiger partial charge in [-0.3, -0.25) is 19.7 Å². The van der Waals surface area contributed by atoms with Crippen LogP contribution in [0.3, 0.4) is 0 Å². The van der Waals surface area contributed by atoms with Crippen LogP contribution in [0.25, 0.3) is 0 Å². The number of benzene rings is 1. The Hall–Kier alpha value is -2.21. The highest BCUT2D eigenvalue weighted by Gasteiger charge is 2.30. The molecule has 1 fully saturated rings. The normalized spacial score (nSPS) is 18.9. The van der Waals surface area contributed by atoms with E-state index in [1.165, 1.54) is 0 Å². The van der Waals surface area contributed by atoms with Gasteiger partial charge < -0.3 is 10.6 Å². The Morgan fingerprint density at radius 3 is 2.55 bits per heavy atom. The Kier molecular flexibility index (Phi) is 5.27. The summed E-state index contributed by atoms with van der Waals surface area (Å²) in [5.74, 6) is -0.856. The van der Waals surface area contributed by atoms with Crippen molar-refractivity contribution in [1.29, 1.82) is 0 Å². The van der Waals surface area contributed by atoms with Crippen LogP contribution in [0, 0.1) is 11.8 Å². The van der Waals surface area contributed by atoms with Crippen LogP contribution in [-0.4, -0.2) is 31.3 Å². The molecule has 1 heterocycles. The van der Waals surface area contributed by atoms with Crippen molar-refractivity contribution in [3.63, 3.8) is 0 Å². The lowest BCUT2D eigenvalue weighted by Crippen LogP contribution is -2.28. The Morgan fingerprint density at radius 2 is 2.00 bits per heavy atom. The first-order valence-corrected chi connectivity index (χ1v) is 7.37. The fourth-order valence-electron chi connectivity index (χ4n) is 2.44. The molecule has 3 N–H and O–H groups in total. The summed E-state index contributed by atoms with van der Waals surface area (Å²) in [7, 11) is 1.81. The second-order valence-electron chi connectivity index (χ2n) is 5.66. The van der Waals surface area contributed by atoms with Crippen molar-refractivity contribution in [3.05, 3.63) is 29.8 Å². The predicted octanol–water partition coefficient (Wildman–Crippen LogP) is 0.686. The van der Waals surface area contributed by atoms with E-state index in [-0.39, 0.29) is 36.0 Å². The fraction of sp³-hybridized carbons (Fsp3) is 0.438. The van der Waals surface area contributed by atoms with Gasteiger partial charge in [-0.25, -0.2) is 0 Å². The van der Waals surface area contributed by atoms with Gasteiger partial charge in [-0.05, 0) is 31.2 Å². The number of carbonyl (C=O) groups excluding carboxylic acids is 3. The number of hydrogen-bond donors (Lipinski definition) is 3. The lowest BCUT2D eigenvalue weighted by atomic mass is 9.98. The van der Waals surface area contributed by atoms with Crippen molar-refractivity contribution in [3.8, 4) is 0 Å². The molecule has 2 rings (SSSR count). The number of anilines is 1. The summed E-state index contributed by atoms with van der Waals surface area (Å²) in [4.78, 5) is 34.6. The summed E-state index contributed by atoms with van der Waals surface area (Å²) in [5, 5.41) is 8.12. The van der Waals surface area contributed by atoms with E-state index in [0.717, 1.165) is 11.3 Å². The average Bonchev–Trinajstić information content (AvgIpc) is 2.79. The van der Waals surface area contributed by atoms with Crippen molar-refractivity contribution < 1.29 is 14.4 Å². The lowest BCUT2D eigenvalue weighted by molar-refractivity contribution is -0.126. The highest BCUT2D eigenvalue weighted by atomic mass is 16.2. The molecule has 0 spiro atoms. The molecule has 3 amide bonds. The van der Waals surface area contributed by atoms with Crippen LogP contribution in [0.4, 0.5) is 5.69 Å². The molecule has 0 aromatic heterocycles. The van der Waals surface area contributed by atoms with Gasteiger partial charge in [0.25, 0.3) is 0 Å². The third-order valence-electron chi connectivity index (χ3n) is 3.73. The van der Waals surface area contributed by atoms with Crippen molar-refractivity contribution >= 4 is 23.4 Å². The minimum absolute atomic E-state index is 0.0390. The second-order valence-corrected chi connectivity index (χ2v) is 5.66. The first-order valence-electron chi connectivity index (χ1n) is 7.37. The molecule has 2 atom stereocenters. The minimum atomic E-state index is -0.288. The van der Waals surface area contributed by atoms with Crippen LogP contribution in [0.5, 0.6) is 0 Å². The molecule has 0 saturated carbocycles. The molecule has 1 aliphatic rings.